The zero-order valence-electron chi connectivity index (χ0n) is 18.5. The van der Waals surface area contributed by atoms with Crippen LogP contribution in [0.5, 0.6) is 5.75 Å². The average Bonchev–Trinajstić information content (AvgIpc) is 2.84. The second-order valence-corrected chi connectivity index (χ2v) is 7.84. The second-order valence-electron chi connectivity index (χ2n) is 7.84. The number of phenolic OH excluding ortho intramolecular Hbond substituents is 1. The highest BCUT2D eigenvalue weighted by Gasteiger charge is 2.05. The van der Waals surface area contributed by atoms with E-state index in [2.05, 4.69) is 28.2 Å². The predicted octanol–water partition coefficient (Wildman–Crippen LogP) is 6.68. The lowest BCUT2D eigenvalue weighted by atomic mass is 10.0. The molecular formula is C29H23N3O. The summed E-state index contributed by atoms with van der Waals surface area (Å²) in [5.74, 6) is 0.255. The van der Waals surface area contributed by atoms with E-state index in [9.17, 15) is 5.11 Å². The molecule has 2 aromatic heterocycles. The Kier molecular flexibility index (Phi) is 6.43. The highest BCUT2D eigenvalue weighted by molar-refractivity contribution is 5.74. The smallest absolute Gasteiger partial charge is 0.115 e. The lowest BCUT2D eigenvalue weighted by Gasteiger charge is -2.08. The minimum atomic E-state index is 0.255. The molecule has 0 amide bonds. The van der Waals surface area contributed by atoms with Gasteiger partial charge in [0, 0.05) is 23.5 Å². The van der Waals surface area contributed by atoms with Gasteiger partial charge >= 0.3 is 0 Å². The molecule has 2 aromatic carbocycles. The lowest BCUT2D eigenvalue weighted by molar-refractivity contribution is 0.475. The van der Waals surface area contributed by atoms with Crippen LogP contribution in [0.4, 0.5) is 0 Å². The fourth-order valence-electron chi connectivity index (χ4n) is 3.44. The molecule has 0 fully saturated rings. The summed E-state index contributed by atoms with van der Waals surface area (Å²) < 4.78 is 0. The summed E-state index contributed by atoms with van der Waals surface area (Å²) in [6, 6.07) is 20.9. The number of nitriles is 1. The largest absolute Gasteiger partial charge is 0.508 e. The standard InChI is InChI=1S/C29H23N3O/c1-20-15-25(18-31-28(20)13-9-22-3-5-24(17-30)6-4-22)26-16-21(2)29(32-19-26)14-10-23-7-11-27(33)12-8-23/h3-16,18-19,33H,1-2H3/b13-9+,14-10+. The number of aromatic nitrogens is 2. The SMILES string of the molecule is Cc1cc(-c2cnc(/C=C/c3ccc(C#N)cc3)c(C)c2)cnc1/C=C/c1ccc(O)cc1. The lowest BCUT2D eigenvalue weighted by Crippen LogP contribution is -1.92. The van der Waals surface area contributed by atoms with Crippen molar-refractivity contribution >= 4 is 24.3 Å². The number of aromatic hydroxyl groups is 1. The van der Waals surface area contributed by atoms with Crippen LogP contribution in [0.25, 0.3) is 35.4 Å². The molecule has 0 bridgehead atoms. The van der Waals surface area contributed by atoms with Crippen LogP contribution in [0, 0.1) is 25.2 Å². The van der Waals surface area contributed by atoms with Crippen molar-refractivity contribution in [3.63, 3.8) is 0 Å². The first-order valence-corrected chi connectivity index (χ1v) is 10.6. The van der Waals surface area contributed by atoms with Gasteiger partial charge in [0.2, 0.25) is 0 Å². The Labute approximate surface area is 193 Å². The molecule has 0 atom stereocenters. The summed E-state index contributed by atoms with van der Waals surface area (Å²) >= 11 is 0. The number of phenols is 1. The maximum atomic E-state index is 9.41. The molecule has 0 aliphatic heterocycles. The monoisotopic (exact) mass is 429 g/mol. The van der Waals surface area contributed by atoms with Crippen LogP contribution in [0.1, 0.15) is 39.2 Å². The molecule has 0 saturated carbocycles. The minimum Gasteiger partial charge on any atom is -0.508 e. The highest BCUT2D eigenvalue weighted by Crippen LogP contribution is 2.24. The van der Waals surface area contributed by atoms with Crippen molar-refractivity contribution in [2.45, 2.75) is 13.8 Å². The molecule has 4 heteroatoms. The van der Waals surface area contributed by atoms with E-state index < -0.39 is 0 Å². The van der Waals surface area contributed by atoms with Gasteiger partial charge in [0.1, 0.15) is 5.75 Å². The Hall–Kier alpha value is -4.49. The molecule has 160 valence electrons. The molecule has 2 heterocycles. The Morgan fingerprint density at radius 3 is 1.58 bits per heavy atom. The summed E-state index contributed by atoms with van der Waals surface area (Å²) in [5.41, 5.74) is 8.67. The number of aryl methyl sites for hydroxylation is 2. The molecule has 4 nitrogen and oxygen atoms in total. The van der Waals surface area contributed by atoms with Gasteiger partial charge in [-0.1, -0.05) is 36.4 Å². The molecule has 33 heavy (non-hydrogen) atoms. The van der Waals surface area contributed by atoms with Crippen LogP contribution in [0.15, 0.2) is 73.1 Å². The van der Waals surface area contributed by atoms with Gasteiger partial charge in [-0.2, -0.15) is 5.26 Å². The van der Waals surface area contributed by atoms with Gasteiger partial charge in [-0.3, -0.25) is 9.97 Å². The third-order valence-corrected chi connectivity index (χ3v) is 5.37. The van der Waals surface area contributed by atoms with E-state index in [1.807, 2.05) is 86.9 Å². The van der Waals surface area contributed by atoms with Crippen molar-refractivity contribution in [3.8, 4) is 22.9 Å². The molecule has 0 saturated heterocycles. The van der Waals surface area contributed by atoms with Crippen LogP contribution in [-0.4, -0.2) is 15.1 Å². The van der Waals surface area contributed by atoms with E-state index in [-0.39, 0.29) is 5.75 Å². The first kappa shape index (κ1) is 21.7. The number of benzene rings is 2. The summed E-state index contributed by atoms with van der Waals surface area (Å²) in [5, 5.41) is 18.3. The first-order chi connectivity index (χ1) is 16.0. The Balaban J connectivity index is 1.51. The highest BCUT2D eigenvalue weighted by atomic mass is 16.3. The Morgan fingerprint density at radius 2 is 1.15 bits per heavy atom. The molecule has 4 rings (SSSR count). The van der Waals surface area contributed by atoms with E-state index in [1.54, 1.807) is 12.1 Å². The minimum absolute atomic E-state index is 0.255. The van der Waals surface area contributed by atoms with Crippen LogP contribution < -0.4 is 0 Å². The number of pyridine rings is 2. The zero-order chi connectivity index (χ0) is 23.2. The number of rotatable bonds is 5. The Bertz CT molecular complexity index is 1380. The quantitative estimate of drug-likeness (QED) is 0.384. The number of nitrogens with zero attached hydrogens (tertiary/aromatic N) is 3. The zero-order valence-corrected chi connectivity index (χ0v) is 18.5. The number of hydrogen-bond acceptors (Lipinski definition) is 4. The topological polar surface area (TPSA) is 69.8 Å². The maximum Gasteiger partial charge on any atom is 0.115 e. The summed E-state index contributed by atoms with van der Waals surface area (Å²) in [4.78, 5) is 9.27. The normalized spacial score (nSPS) is 11.2. The third-order valence-electron chi connectivity index (χ3n) is 5.37. The molecule has 1 N–H and O–H groups in total. The van der Waals surface area contributed by atoms with E-state index in [4.69, 9.17) is 5.26 Å². The Morgan fingerprint density at radius 1 is 0.697 bits per heavy atom. The predicted molar refractivity (Wildman–Crippen MR) is 134 cm³/mol. The van der Waals surface area contributed by atoms with E-state index >= 15 is 0 Å². The molecule has 0 unspecified atom stereocenters. The molecule has 0 aliphatic carbocycles. The van der Waals surface area contributed by atoms with E-state index in [1.165, 1.54) is 0 Å². The van der Waals surface area contributed by atoms with Gasteiger partial charge in [0.05, 0.1) is 23.0 Å². The summed E-state index contributed by atoms with van der Waals surface area (Å²) in [7, 11) is 0. The van der Waals surface area contributed by atoms with Crippen LogP contribution in [0.2, 0.25) is 0 Å². The van der Waals surface area contributed by atoms with Gasteiger partial charge in [-0.25, -0.2) is 0 Å². The van der Waals surface area contributed by atoms with Crippen LogP contribution in [0.3, 0.4) is 0 Å². The average molecular weight is 430 g/mol. The van der Waals surface area contributed by atoms with Gasteiger partial charge in [-0.15, -0.1) is 0 Å². The molecule has 0 spiro atoms. The number of hydrogen-bond donors (Lipinski definition) is 1. The van der Waals surface area contributed by atoms with E-state index in [0.29, 0.717) is 5.56 Å². The van der Waals surface area contributed by atoms with Gasteiger partial charge in [0.15, 0.2) is 0 Å². The summed E-state index contributed by atoms with van der Waals surface area (Å²) in [6.45, 7) is 4.09. The third kappa shape index (κ3) is 5.41. The van der Waals surface area contributed by atoms with Crippen LogP contribution >= 0.6 is 0 Å². The maximum absolute atomic E-state index is 9.41. The van der Waals surface area contributed by atoms with Gasteiger partial charge in [-0.05, 0) is 84.7 Å². The van der Waals surface area contributed by atoms with Crippen LogP contribution in [-0.2, 0) is 0 Å². The summed E-state index contributed by atoms with van der Waals surface area (Å²) in [6.07, 6.45) is 11.7. The second kappa shape index (κ2) is 9.76. The fraction of sp³-hybridized carbons (Fsp3) is 0.0690. The molecule has 4 aromatic rings. The van der Waals surface area contributed by atoms with Crippen molar-refractivity contribution in [1.29, 1.82) is 5.26 Å². The van der Waals surface area contributed by atoms with E-state index in [0.717, 1.165) is 44.8 Å². The first-order valence-electron chi connectivity index (χ1n) is 10.6. The molecule has 0 aliphatic rings. The van der Waals surface area contributed by atoms with Gasteiger partial charge < -0.3 is 5.11 Å². The van der Waals surface area contributed by atoms with Crippen molar-refractivity contribution in [2.24, 2.45) is 0 Å². The molecular weight excluding hydrogens is 406 g/mol. The van der Waals surface area contributed by atoms with Crippen molar-refractivity contribution in [2.75, 3.05) is 0 Å². The van der Waals surface area contributed by atoms with Crippen molar-refractivity contribution in [3.05, 3.63) is 112 Å². The van der Waals surface area contributed by atoms with Crippen molar-refractivity contribution in [1.82, 2.24) is 9.97 Å². The fourth-order valence-corrected chi connectivity index (χ4v) is 3.44. The van der Waals surface area contributed by atoms with Gasteiger partial charge in [0.25, 0.3) is 0 Å². The molecule has 0 radical (unpaired) electrons. The van der Waals surface area contributed by atoms with Crippen molar-refractivity contribution < 1.29 is 5.11 Å².